The molecule has 3 nitrogen and oxygen atoms in total. The van der Waals surface area contributed by atoms with Crippen molar-refractivity contribution in [3.8, 4) is 0 Å². The molecule has 1 heterocycles. The zero-order valence-electron chi connectivity index (χ0n) is 8.74. The predicted octanol–water partition coefficient (Wildman–Crippen LogP) is 2.68. The quantitative estimate of drug-likeness (QED) is 0.836. The van der Waals surface area contributed by atoms with Crippen LogP contribution in [-0.4, -0.2) is 24.7 Å². The van der Waals surface area contributed by atoms with Gasteiger partial charge >= 0.3 is 0 Å². The first-order valence-corrected chi connectivity index (χ1v) is 5.96. The molecule has 0 aliphatic heterocycles. The van der Waals surface area contributed by atoms with Crippen LogP contribution in [0.25, 0.3) is 0 Å². The molecule has 1 aliphatic rings. The smallest absolute Gasteiger partial charge is 0.106 e. The van der Waals surface area contributed by atoms with Crippen molar-refractivity contribution < 1.29 is 4.74 Å². The van der Waals surface area contributed by atoms with Gasteiger partial charge in [0.1, 0.15) is 4.60 Å². The predicted molar refractivity (Wildman–Crippen MR) is 63.9 cm³/mol. The van der Waals surface area contributed by atoms with E-state index in [1.54, 1.807) is 7.11 Å². The van der Waals surface area contributed by atoms with Gasteiger partial charge in [0.15, 0.2) is 0 Å². The van der Waals surface area contributed by atoms with Crippen LogP contribution in [0.5, 0.6) is 0 Å². The van der Waals surface area contributed by atoms with Crippen molar-refractivity contribution in [2.45, 2.75) is 18.9 Å². The van der Waals surface area contributed by atoms with Crippen LogP contribution in [0.15, 0.2) is 22.9 Å². The van der Waals surface area contributed by atoms with Gasteiger partial charge in [-0.3, -0.25) is 0 Å². The molecule has 15 heavy (non-hydrogen) atoms. The molecule has 2 rings (SSSR count). The second kappa shape index (κ2) is 4.94. The van der Waals surface area contributed by atoms with Crippen LogP contribution < -0.4 is 5.32 Å². The SMILES string of the molecule is COCC(Nc1ccc(Br)nc1)C1CC1. The van der Waals surface area contributed by atoms with E-state index in [1.807, 2.05) is 18.3 Å². The minimum absolute atomic E-state index is 0.429. The average Bonchev–Trinajstić information content (AvgIpc) is 3.04. The maximum absolute atomic E-state index is 5.21. The number of hydrogen-bond acceptors (Lipinski definition) is 3. The van der Waals surface area contributed by atoms with Crippen molar-refractivity contribution in [2.75, 3.05) is 19.0 Å². The zero-order chi connectivity index (χ0) is 10.7. The van der Waals surface area contributed by atoms with Gasteiger partial charge in [-0.05, 0) is 46.8 Å². The molecule has 0 aromatic carbocycles. The highest BCUT2D eigenvalue weighted by Crippen LogP contribution is 2.34. The Bertz CT molecular complexity index is 311. The van der Waals surface area contributed by atoms with Gasteiger partial charge in [-0.2, -0.15) is 0 Å². The molecular weight excluding hydrogens is 256 g/mol. The highest BCUT2D eigenvalue weighted by Gasteiger charge is 2.31. The Hall–Kier alpha value is -0.610. The van der Waals surface area contributed by atoms with Crippen LogP contribution in [-0.2, 0) is 4.74 Å². The van der Waals surface area contributed by atoms with Gasteiger partial charge in [0.05, 0.1) is 24.5 Å². The molecule has 0 bridgehead atoms. The van der Waals surface area contributed by atoms with Gasteiger partial charge in [0.25, 0.3) is 0 Å². The van der Waals surface area contributed by atoms with Crippen LogP contribution >= 0.6 is 15.9 Å². The summed E-state index contributed by atoms with van der Waals surface area (Å²) in [5.74, 6) is 0.772. The number of nitrogens with zero attached hydrogens (tertiary/aromatic N) is 1. The number of rotatable bonds is 5. The van der Waals surface area contributed by atoms with Crippen molar-refractivity contribution in [1.82, 2.24) is 4.98 Å². The van der Waals surface area contributed by atoms with Crippen LogP contribution in [0.3, 0.4) is 0 Å². The second-order valence-electron chi connectivity index (χ2n) is 3.91. The monoisotopic (exact) mass is 270 g/mol. The lowest BCUT2D eigenvalue weighted by molar-refractivity contribution is 0.179. The Kier molecular flexibility index (Phi) is 3.59. The molecule has 4 heteroatoms. The Balaban J connectivity index is 1.95. The molecule has 0 spiro atoms. The van der Waals surface area contributed by atoms with Gasteiger partial charge in [-0.1, -0.05) is 0 Å². The minimum Gasteiger partial charge on any atom is -0.383 e. The fraction of sp³-hybridized carbons (Fsp3) is 0.545. The van der Waals surface area contributed by atoms with Crippen LogP contribution in [0, 0.1) is 5.92 Å². The third-order valence-electron chi connectivity index (χ3n) is 2.62. The number of aromatic nitrogens is 1. The number of methoxy groups -OCH3 is 1. The van der Waals surface area contributed by atoms with Crippen LogP contribution in [0.1, 0.15) is 12.8 Å². The van der Waals surface area contributed by atoms with E-state index in [9.17, 15) is 0 Å². The summed E-state index contributed by atoms with van der Waals surface area (Å²) >= 11 is 3.32. The topological polar surface area (TPSA) is 34.1 Å². The lowest BCUT2D eigenvalue weighted by Crippen LogP contribution is -2.27. The fourth-order valence-electron chi connectivity index (χ4n) is 1.65. The van der Waals surface area contributed by atoms with E-state index in [-0.39, 0.29) is 0 Å². The van der Waals surface area contributed by atoms with Gasteiger partial charge < -0.3 is 10.1 Å². The summed E-state index contributed by atoms with van der Waals surface area (Å²) in [6.07, 6.45) is 4.46. The van der Waals surface area contributed by atoms with E-state index in [4.69, 9.17) is 4.74 Å². The van der Waals surface area contributed by atoms with Crippen molar-refractivity contribution in [3.63, 3.8) is 0 Å². The number of ether oxygens (including phenoxy) is 1. The van der Waals surface area contributed by atoms with Gasteiger partial charge in [-0.15, -0.1) is 0 Å². The van der Waals surface area contributed by atoms with Crippen LogP contribution in [0.4, 0.5) is 5.69 Å². The van der Waals surface area contributed by atoms with E-state index >= 15 is 0 Å². The van der Waals surface area contributed by atoms with E-state index in [1.165, 1.54) is 12.8 Å². The highest BCUT2D eigenvalue weighted by molar-refractivity contribution is 9.10. The van der Waals surface area contributed by atoms with E-state index in [0.717, 1.165) is 22.8 Å². The summed E-state index contributed by atoms with van der Waals surface area (Å²) in [6, 6.07) is 4.40. The average molecular weight is 271 g/mol. The third-order valence-corrected chi connectivity index (χ3v) is 3.09. The van der Waals surface area contributed by atoms with Gasteiger partial charge in [-0.25, -0.2) is 4.98 Å². The number of halogens is 1. The van der Waals surface area contributed by atoms with Crippen LogP contribution in [0.2, 0.25) is 0 Å². The summed E-state index contributed by atoms with van der Waals surface area (Å²) in [5, 5.41) is 3.46. The highest BCUT2D eigenvalue weighted by atomic mass is 79.9. The first-order chi connectivity index (χ1) is 7.29. The number of anilines is 1. The first kappa shape index (κ1) is 10.9. The maximum atomic E-state index is 5.21. The third kappa shape index (κ3) is 3.18. The number of hydrogen-bond donors (Lipinski definition) is 1. The number of pyridine rings is 1. The lowest BCUT2D eigenvalue weighted by Gasteiger charge is -2.18. The second-order valence-corrected chi connectivity index (χ2v) is 4.73. The minimum atomic E-state index is 0.429. The van der Waals surface area contributed by atoms with Crippen molar-refractivity contribution in [2.24, 2.45) is 5.92 Å². The summed E-state index contributed by atoms with van der Waals surface area (Å²) < 4.78 is 6.07. The molecule has 0 amide bonds. The Labute approximate surface area is 98.4 Å². The molecule has 1 aromatic rings. The molecule has 82 valence electrons. The summed E-state index contributed by atoms with van der Waals surface area (Å²) in [6.45, 7) is 0.765. The molecule has 1 atom stereocenters. The van der Waals surface area contributed by atoms with E-state index in [0.29, 0.717) is 6.04 Å². The molecule has 1 saturated carbocycles. The lowest BCUT2D eigenvalue weighted by atomic mass is 10.2. The molecule has 1 fully saturated rings. The Morgan fingerprint density at radius 2 is 2.40 bits per heavy atom. The first-order valence-electron chi connectivity index (χ1n) is 5.16. The van der Waals surface area contributed by atoms with Gasteiger partial charge in [0.2, 0.25) is 0 Å². The molecule has 0 saturated heterocycles. The van der Waals surface area contributed by atoms with E-state index in [2.05, 4.69) is 26.2 Å². The number of nitrogens with one attached hydrogen (secondary N) is 1. The molecule has 1 unspecified atom stereocenters. The van der Waals surface area contributed by atoms with Crippen molar-refractivity contribution >= 4 is 21.6 Å². The van der Waals surface area contributed by atoms with Crippen molar-refractivity contribution in [3.05, 3.63) is 22.9 Å². The largest absolute Gasteiger partial charge is 0.383 e. The summed E-state index contributed by atoms with van der Waals surface area (Å²) in [4.78, 5) is 4.19. The summed E-state index contributed by atoms with van der Waals surface area (Å²) in [5.41, 5.74) is 1.06. The van der Waals surface area contributed by atoms with Crippen molar-refractivity contribution in [1.29, 1.82) is 0 Å². The summed E-state index contributed by atoms with van der Waals surface area (Å²) in [7, 11) is 1.75. The molecule has 1 N–H and O–H groups in total. The zero-order valence-corrected chi connectivity index (χ0v) is 10.3. The fourth-order valence-corrected chi connectivity index (χ4v) is 1.88. The Morgan fingerprint density at radius 1 is 1.60 bits per heavy atom. The molecule has 1 aliphatic carbocycles. The molecule has 1 aromatic heterocycles. The molecule has 0 radical (unpaired) electrons. The normalized spacial score (nSPS) is 17.5. The standard InChI is InChI=1S/C11H15BrN2O/c1-15-7-10(8-2-3-8)14-9-4-5-11(12)13-6-9/h4-6,8,10,14H,2-3,7H2,1H3. The van der Waals surface area contributed by atoms with Gasteiger partial charge in [0, 0.05) is 7.11 Å². The molecular formula is C11H15BrN2O. The van der Waals surface area contributed by atoms with E-state index < -0.39 is 0 Å². The maximum Gasteiger partial charge on any atom is 0.106 e. The Morgan fingerprint density at radius 3 is 2.93 bits per heavy atom.